The Morgan fingerprint density at radius 1 is 1.25 bits per heavy atom. The third-order valence-electron chi connectivity index (χ3n) is 5.10. The summed E-state index contributed by atoms with van der Waals surface area (Å²) in [5.41, 5.74) is 6.57. The van der Waals surface area contributed by atoms with Crippen molar-refractivity contribution in [3.8, 4) is 0 Å². The smallest absolute Gasteiger partial charge is 0.330 e. The molecule has 0 atom stereocenters. The van der Waals surface area contributed by atoms with Gasteiger partial charge in [-0.1, -0.05) is 51.5 Å². The van der Waals surface area contributed by atoms with Crippen LogP contribution in [0, 0.1) is 5.92 Å². The van der Waals surface area contributed by atoms with Crippen molar-refractivity contribution in [2.75, 3.05) is 17.2 Å². The lowest BCUT2D eigenvalue weighted by atomic mass is 10.1. The SMILES string of the molecule is CCCCN(C(=O)/C=C/c1cccc2cccnc12)c1c(N)n(CC(C)C)c(=O)[nH]c1=O. The van der Waals surface area contributed by atoms with Gasteiger partial charge >= 0.3 is 5.69 Å². The van der Waals surface area contributed by atoms with Crippen molar-refractivity contribution in [1.82, 2.24) is 14.5 Å². The number of carbonyl (C=O) groups excluding carboxylic acids is 1. The van der Waals surface area contributed by atoms with Crippen molar-refractivity contribution in [1.29, 1.82) is 0 Å². The molecule has 0 saturated heterocycles. The van der Waals surface area contributed by atoms with Gasteiger partial charge in [-0.15, -0.1) is 0 Å². The summed E-state index contributed by atoms with van der Waals surface area (Å²) in [6.45, 7) is 6.52. The Morgan fingerprint density at radius 2 is 2.00 bits per heavy atom. The van der Waals surface area contributed by atoms with E-state index < -0.39 is 17.2 Å². The van der Waals surface area contributed by atoms with Gasteiger partial charge in [-0.05, 0) is 24.5 Å². The molecule has 0 aliphatic rings. The number of benzene rings is 1. The number of rotatable bonds is 8. The predicted octanol–water partition coefficient (Wildman–Crippen LogP) is 3.17. The maximum Gasteiger partial charge on any atom is 0.330 e. The fourth-order valence-electron chi connectivity index (χ4n) is 3.55. The summed E-state index contributed by atoms with van der Waals surface area (Å²) < 4.78 is 1.31. The first-order valence-corrected chi connectivity index (χ1v) is 10.8. The molecular weight excluding hydrogens is 406 g/mol. The number of amides is 1. The van der Waals surface area contributed by atoms with Gasteiger partial charge in [0.1, 0.15) is 5.82 Å². The first kappa shape index (κ1) is 23.0. The number of fused-ring (bicyclic) bond motifs is 1. The Morgan fingerprint density at radius 3 is 2.72 bits per heavy atom. The highest BCUT2D eigenvalue weighted by Gasteiger charge is 2.23. The zero-order valence-corrected chi connectivity index (χ0v) is 18.7. The number of carbonyl (C=O) groups is 1. The van der Waals surface area contributed by atoms with Crippen molar-refractivity contribution in [3.05, 3.63) is 69.0 Å². The second kappa shape index (κ2) is 10.1. The third-order valence-corrected chi connectivity index (χ3v) is 5.10. The average Bonchev–Trinajstić information content (AvgIpc) is 2.76. The molecule has 3 N–H and O–H groups in total. The minimum atomic E-state index is -0.669. The number of aromatic amines is 1. The molecule has 0 bridgehead atoms. The number of anilines is 2. The molecule has 2 aromatic heterocycles. The van der Waals surface area contributed by atoms with Crippen LogP contribution in [0.4, 0.5) is 11.5 Å². The monoisotopic (exact) mass is 435 g/mol. The van der Waals surface area contributed by atoms with Crippen molar-refractivity contribution in [2.24, 2.45) is 5.92 Å². The van der Waals surface area contributed by atoms with Crippen LogP contribution in [0.5, 0.6) is 0 Å². The lowest BCUT2D eigenvalue weighted by Gasteiger charge is -2.23. The molecule has 1 amide bonds. The largest absolute Gasteiger partial charge is 0.383 e. The second-order valence-electron chi connectivity index (χ2n) is 8.10. The number of hydrogen-bond donors (Lipinski definition) is 2. The number of nitrogen functional groups attached to an aromatic ring is 1. The third kappa shape index (κ3) is 4.96. The van der Waals surface area contributed by atoms with Crippen molar-refractivity contribution in [2.45, 2.75) is 40.2 Å². The number of nitrogens with zero attached hydrogens (tertiary/aromatic N) is 3. The summed E-state index contributed by atoms with van der Waals surface area (Å²) in [7, 11) is 0. The maximum absolute atomic E-state index is 13.2. The Labute approximate surface area is 186 Å². The molecule has 3 rings (SSSR count). The second-order valence-corrected chi connectivity index (χ2v) is 8.10. The number of hydrogen-bond acceptors (Lipinski definition) is 5. The molecule has 8 heteroatoms. The summed E-state index contributed by atoms with van der Waals surface area (Å²) in [6.07, 6.45) is 6.30. The molecule has 2 heterocycles. The molecule has 168 valence electrons. The van der Waals surface area contributed by atoms with Gasteiger partial charge in [-0.25, -0.2) is 4.79 Å². The molecular formula is C24H29N5O3. The number of nitrogens with two attached hydrogens (primary N) is 1. The molecule has 0 radical (unpaired) electrons. The van der Waals surface area contributed by atoms with E-state index in [1.807, 2.05) is 51.1 Å². The summed E-state index contributed by atoms with van der Waals surface area (Å²) in [6, 6.07) is 9.53. The Bertz CT molecular complexity index is 1250. The Hall–Kier alpha value is -3.68. The van der Waals surface area contributed by atoms with E-state index in [0.717, 1.165) is 22.9 Å². The molecule has 1 aromatic carbocycles. The van der Waals surface area contributed by atoms with E-state index in [9.17, 15) is 14.4 Å². The van der Waals surface area contributed by atoms with E-state index >= 15 is 0 Å². The Balaban J connectivity index is 2.03. The van der Waals surface area contributed by atoms with E-state index in [1.165, 1.54) is 15.5 Å². The highest BCUT2D eigenvalue weighted by atomic mass is 16.2. The molecule has 0 fully saturated rings. The van der Waals surface area contributed by atoms with Gasteiger partial charge in [-0.3, -0.25) is 24.1 Å². The fourth-order valence-corrected chi connectivity index (χ4v) is 3.55. The zero-order chi connectivity index (χ0) is 23.3. The number of H-pyrrole nitrogens is 1. The maximum atomic E-state index is 13.2. The molecule has 0 aliphatic carbocycles. The van der Waals surface area contributed by atoms with Crippen LogP contribution in [0.15, 0.2) is 52.2 Å². The van der Waals surface area contributed by atoms with E-state index in [4.69, 9.17) is 5.73 Å². The van der Waals surface area contributed by atoms with Gasteiger partial charge < -0.3 is 10.6 Å². The molecule has 0 saturated carbocycles. The minimum Gasteiger partial charge on any atom is -0.383 e. The highest BCUT2D eigenvalue weighted by molar-refractivity contribution is 6.06. The number of pyridine rings is 1. The lowest BCUT2D eigenvalue weighted by molar-refractivity contribution is -0.114. The van der Waals surface area contributed by atoms with Gasteiger partial charge in [0.25, 0.3) is 11.5 Å². The van der Waals surface area contributed by atoms with Gasteiger partial charge in [0.05, 0.1) is 5.52 Å². The van der Waals surface area contributed by atoms with Gasteiger partial charge in [-0.2, -0.15) is 0 Å². The van der Waals surface area contributed by atoms with Gasteiger partial charge in [0, 0.05) is 36.3 Å². The number of unbranched alkanes of at least 4 members (excludes halogenated alkanes) is 1. The number of nitrogens with one attached hydrogen (secondary N) is 1. The summed E-state index contributed by atoms with van der Waals surface area (Å²) in [5.74, 6) is -0.261. The van der Waals surface area contributed by atoms with Crippen molar-refractivity contribution < 1.29 is 4.79 Å². The van der Waals surface area contributed by atoms with Crippen LogP contribution in [-0.4, -0.2) is 27.0 Å². The van der Waals surface area contributed by atoms with E-state index in [2.05, 4.69) is 9.97 Å². The van der Waals surface area contributed by atoms with E-state index in [1.54, 1.807) is 12.3 Å². The molecule has 32 heavy (non-hydrogen) atoms. The van der Waals surface area contributed by atoms with Crippen LogP contribution in [0.1, 0.15) is 39.2 Å². The Kier molecular flexibility index (Phi) is 7.25. The zero-order valence-electron chi connectivity index (χ0n) is 18.7. The number of aromatic nitrogens is 3. The normalized spacial score (nSPS) is 11.5. The molecule has 0 spiro atoms. The molecule has 0 unspecified atom stereocenters. The number of para-hydroxylation sites is 1. The molecule has 0 aliphatic heterocycles. The quantitative estimate of drug-likeness (QED) is 0.528. The van der Waals surface area contributed by atoms with Crippen molar-refractivity contribution >= 4 is 34.4 Å². The van der Waals surface area contributed by atoms with Crippen LogP contribution < -0.4 is 21.9 Å². The summed E-state index contributed by atoms with van der Waals surface area (Å²) >= 11 is 0. The van der Waals surface area contributed by atoms with Crippen LogP contribution in [-0.2, 0) is 11.3 Å². The predicted molar refractivity (Wildman–Crippen MR) is 129 cm³/mol. The van der Waals surface area contributed by atoms with Crippen LogP contribution >= 0.6 is 0 Å². The van der Waals surface area contributed by atoms with Crippen molar-refractivity contribution in [3.63, 3.8) is 0 Å². The lowest BCUT2D eigenvalue weighted by Crippen LogP contribution is -2.41. The average molecular weight is 436 g/mol. The van der Waals surface area contributed by atoms with E-state index in [-0.39, 0.29) is 17.4 Å². The van der Waals surface area contributed by atoms with Crippen LogP contribution in [0.2, 0.25) is 0 Å². The first-order chi connectivity index (χ1) is 15.3. The highest BCUT2D eigenvalue weighted by Crippen LogP contribution is 2.21. The van der Waals surface area contributed by atoms with Gasteiger partial charge in [0.2, 0.25) is 0 Å². The molecule has 8 nitrogen and oxygen atoms in total. The molecule has 3 aromatic rings. The van der Waals surface area contributed by atoms with E-state index in [0.29, 0.717) is 19.5 Å². The van der Waals surface area contributed by atoms with Crippen LogP contribution in [0.25, 0.3) is 17.0 Å². The summed E-state index contributed by atoms with van der Waals surface area (Å²) in [4.78, 5) is 46.2. The summed E-state index contributed by atoms with van der Waals surface area (Å²) in [5, 5.41) is 0.964. The van der Waals surface area contributed by atoms with Crippen LogP contribution in [0.3, 0.4) is 0 Å². The standard InChI is InChI=1S/C24H29N5O3/c1-4-5-14-28(21-22(25)29(15-16(2)3)24(32)27-23(21)31)19(30)12-11-18-9-6-8-17-10-7-13-26-20(17)18/h6-13,16H,4-5,14-15,25H2,1-3H3,(H,27,31,32)/b12-11+. The fraction of sp³-hybridized carbons (Fsp3) is 0.333. The first-order valence-electron chi connectivity index (χ1n) is 10.8. The topological polar surface area (TPSA) is 114 Å². The minimum absolute atomic E-state index is 0.00266. The van der Waals surface area contributed by atoms with Gasteiger partial charge in [0.15, 0.2) is 5.69 Å².